The molecule has 144 valence electrons. The zero-order valence-corrected chi connectivity index (χ0v) is 16.6. The van der Waals surface area contributed by atoms with E-state index in [9.17, 15) is 0 Å². The highest BCUT2D eigenvalue weighted by Crippen LogP contribution is 2.32. The van der Waals surface area contributed by atoms with Crippen molar-refractivity contribution in [2.45, 2.75) is 26.7 Å². The predicted molar refractivity (Wildman–Crippen MR) is 104 cm³/mol. The fourth-order valence-electron chi connectivity index (χ4n) is 3.83. The molecule has 8 heteroatoms. The molecule has 7 nitrogen and oxygen atoms in total. The maximum atomic E-state index is 5.57. The summed E-state index contributed by atoms with van der Waals surface area (Å²) in [5.74, 6) is 2.67. The summed E-state index contributed by atoms with van der Waals surface area (Å²) in [6.07, 6.45) is 1.86. The minimum atomic E-state index is 0.332. The lowest BCUT2D eigenvalue weighted by molar-refractivity contribution is -1.03. The fourth-order valence-corrected chi connectivity index (χ4v) is 4.15. The van der Waals surface area contributed by atoms with E-state index in [2.05, 4.69) is 23.8 Å². The lowest BCUT2D eigenvalue weighted by Crippen LogP contribution is -3.27. The molecule has 1 aromatic heterocycles. The number of hydrogen-bond donors (Lipinski definition) is 2. The minimum Gasteiger partial charge on any atom is -0.454 e. The molecule has 2 aromatic rings. The average Bonchev–Trinajstić information content (AvgIpc) is 3.23. The van der Waals surface area contributed by atoms with E-state index < -0.39 is 0 Å². The van der Waals surface area contributed by atoms with Gasteiger partial charge in [-0.1, -0.05) is 6.08 Å². The van der Waals surface area contributed by atoms with Gasteiger partial charge in [0.2, 0.25) is 11.6 Å². The van der Waals surface area contributed by atoms with Crippen LogP contribution >= 0.6 is 12.2 Å². The van der Waals surface area contributed by atoms with Crippen LogP contribution in [-0.2, 0) is 19.8 Å². The molecule has 3 heterocycles. The van der Waals surface area contributed by atoms with Crippen molar-refractivity contribution < 1.29 is 19.3 Å². The molecular weight excluding hydrogens is 362 g/mol. The van der Waals surface area contributed by atoms with Crippen molar-refractivity contribution in [3.8, 4) is 11.5 Å². The number of ether oxygens (including phenoxy) is 2. The van der Waals surface area contributed by atoms with Gasteiger partial charge in [-0.15, -0.1) is 6.58 Å². The molecular formula is C19H27N5O2S+2. The number of nitrogens with one attached hydrogen (secondary N) is 2. The first-order chi connectivity index (χ1) is 13.1. The van der Waals surface area contributed by atoms with Crippen LogP contribution in [0.5, 0.6) is 11.5 Å². The van der Waals surface area contributed by atoms with E-state index in [0.29, 0.717) is 13.3 Å². The van der Waals surface area contributed by atoms with Crippen molar-refractivity contribution in [2.24, 2.45) is 0 Å². The standard InChI is InChI=1S/C19H25N5O2S/c1-3-6-23-15(2)20-24(19(23)27)13-22-9-7-21(8-10-22)12-16-4-5-17-18(11-16)26-14-25-17/h3-5,11H,1,6-10,12-14H2,2H3/p+2. The number of aromatic nitrogens is 3. The maximum absolute atomic E-state index is 5.57. The molecule has 0 amide bonds. The van der Waals surface area contributed by atoms with Gasteiger partial charge in [0, 0.05) is 12.1 Å². The highest BCUT2D eigenvalue weighted by atomic mass is 32.1. The Bertz CT molecular complexity index is 883. The Hall–Kier alpha value is -2.16. The molecule has 0 unspecified atom stereocenters. The molecule has 4 rings (SSSR count). The summed E-state index contributed by atoms with van der Waals surface area (Å²) in [6.45, 7) is 13.2. The summed E-state index contributed by atoms with van der Waals surface area (Å²) in [6, 6.07) is 6.28. The number of aryl methyl sites for hydroxylation is 1. The number of piperazine rings is 1. The van der Waals surface area contributed by atoms with Crippen LogP contribution in [0.2, 0.25) is 0 Å². The Morgan fingerprint density at radius 1 is 1.19 bits per heavy atom. The third-order valence-corrected chi connectivity index (χ3v) is 5.78. The normalized spacial score (nSPS) is 21.4. The molecule has 1 saturated heterocycles. The zero-order valence-electron chi connectivity index (χ0n) is 15.7. The maximum Gasteiger partial charge on any atom is 0.231 e. The van der Waals surface area contributed by atoms with Gasteiger partial charge in [0.15, 0.2) is 18.2 Å². The number of nitrogens with zero attached hydrogens (tertiary/aromatic N) is 3. The second-order valence-corrected chi connectivity index (χ2v) is 7.62. The van der Waals surface area contributed by atoms with Crippen LogP contribution in [0.15, 0.2) is 30.9 Å². The van der Waals surface area contributed by atoms with Crippen molar-refractivity contribution in [3.05, 3.63) is 47.0 Å². The molecule has 2 aliphatic rings. The fraction of sp³-hybridized carbons (Fsp3) is 0.474. The van der Waals surface area contributed by atoms with Crippen LogP contribution in [0.4, 0.5) is 0 Å². The van der Waals surface area contributed by atoms with E-state index in [0.717, 1.165) is 61.5 Å². The molecule has 0 spiro atoms. The van der Waals surface area contributed by atoms with Gasteiger partial charge in [-0.25, -0.2) is 0 Å². The molecule has 0 saturated carbocycles. The minimum absolute atomic E-state index is 0.332. The second-order valence-electron chi connectivity index (χ2n) is 7.25. The molecule has 1 fully saturated rings. The number of quaternary nitrogens is 2. The molecule has 1 aromatic carbocycles. The van der Waals surface area contributed by atoms with Gasteiger partial charge in [0.05, 0.1) is 0 Å². The van der Waals surface area contributed by atoms with Crippen LogP contribution in [0, 0.1) is 11.7 Å². The summed E-state index contributed by atoms with van der Waals surface area (Å²) in [7, 11) is 0. The Balaban J connectivity index is 1.32. The molecule has 0 bridgehead atoms. The van der Waals surface area contributed by atoms with Gasteiger partial charge in [-0.3, -0.25) is 0 Å². The number of hydrogen-bond acceptors (Lipinski definition) is 4. The van der Waals surface area contributed by atoms with E-state index in [1.54, 1.807) is 4.90 Å². The largest absolute Gasteiger partial charge is 0.454 e. The summed E-state index contributed by atoms with van der Waals surface area (Å²) >= 11 is 5.57. The third kappa shape index (κ3) is 3.92. The SMILES string of the molecule is C=CCn1c(C)nn(C[NH+]2CC[NH+](Cc3ccc4c(c3)OCO4)CC2)c1=S. The molecule has 2 aliphatic heterocycles. The molecule has 0 aliphatic carbocycles. The van der Waals surface area contributed by atoms with E-state index >= 15 is 0 Å². The summed E-state index contributed by atoms with van der Waals surface area (Å²) in [5, 5.41) is 4.62. The van der Waals surface area contributed by atoms with Crippen molar-refractivity contribution in [1.29, 1.82) is 0 Å². The van der Waals surface area contributed by atoms with Crippen molar-refractivity contribution >= 4 is 12.2 Å². The predicted octanol–water partition coefficient (Wildman–Crippen LogP) is -0.422. The molecule has 0 radical (unpaired) electrons. The van der Waals surface area contributed by atoms with Crippen LogP contribution in [0.25, 0.3) is 0 Å². The highest BCUT2D eigenvalue weighted by molar-refractivity contribution is 7.71. The average molecular weight is 390 g/mol. The second kappa shape index (κ2) is 7.84. The van der Waals surface area contributed by atoms with Gasteiger partial charge < -0.3 is 23.8 Å². The van der Waals surface area contributed by atoms with E-state index in [4.69, 9.17) is 21.7 Å². The van der Waals surface area contributed by atoms with Crippen LogP contribution in [0.1, 0.15) is 11.4 Å². The number of benzene rings is 1. The number of allylic oxidation sites excluding steroid dienone is 1. The first-order valence-electron chi connectivity index (χ1n) is 9.45. The first kappa shape index (κ1) is 18.2. The molecule has 27 heavy (non-hydrogen) atoms. The van der Waals surface area contributed by atoms with Gasteiger partial charge in [0.25, 0.3) is 0 Å². The number of fused-ring (bicyclic) bond motifs is 1. The first-order valence-corrected chi connectivity index (χ1v) is 9.85. The Morgan fingerprint density at radius 2 is 1.93 bits per heavy atom. The Morgan fingerprint density at radius 3 is 2.70 bits per heavy atom. The Labute approximate surface area is 164 Å². The summed E-state index contributed by atoms with van der Waals surface area (Å²) in [5.41, 5.74) is 1.30. The molecule has 0 atom stereocenters. The van der Waals surface area contributed by atoms with Crippen molar-refractivity contribution in [2.75, 3.05) is 33.0 Å². The monoisotopic (exact) mass is 389 g/mol. The van der Waals surface area contributed by atoms with Gasteiger partial charge >= 0.3 is 0 Å². The summed E-state index contributed by atoms with van der Waals surface area (Å²) in [4.78, 5) is 3.14. The highest BCUT2D eigenvalue weighted by Gasteiger charge is 2.25. The zero-order chi connectivity index (χ0) is 18.8. The van der Waals surface area contributed by atoms with Gasteiger partial charge in [0.1, 0.15) is 38.5 Å². The Kier molecular flexibility index (Phi) is 5.29. The quantitative estimate of drug-likeness (QED) is 0.521. The van der Waals surface area contributed by atoms with Crippen LogP contribution in [-0.4, -0.2) is 47.3 Å². The topological polar surface area (TPSA) is 50.1 Å². The van der Waals surface area contributed by atoms with E-state index in [-0.39, 0.29) is 0 Å². The smallest absolute Gasteiger partial charge is 0.231 e. The lowest BCUT2D eigenvalue weighted by Gasteiger charge is -2.29. The van der Waals surface area contributed by atoms with Crippen molar-refractivity contribution in [1.82, 2.24) is 14.3 Å². The summed E-state index contributed by atoms with van der Waals surface area (Å²) < 4.78 is 15.7. The lowest BCUT2D eigenvalue weighted by atomic mass is 10.1. The third-order valence-electron chi connectivity index (χ3n) is 5.35. The molecule has 2 N–H and O–H groups in total. The van der Waals surface area contributed by atoms with Gasteiger partial charge in [-0.2, -0.15) is 9.78 Å². The number of rotatable bonds is 6. The van der Waals surface area contributed by atoms with Gasteiger partial charge in [-0.05, 0) is 37.3 Å². The van der Waals surface area contributed by atoms with Crippen molar-refractivity contribution in [3.63, 3.8) is 0 Å². The van der Waals surface area contributed by atoms with Crippen LogP contribution < -0.4 is 19.3 Å². The van der Waals surface area contributed by atoms with E-state index in [1.807, 2.05) is 28.3 Å². The van der Waals surface area contributed by atoms with E-state index in [1.165, 1.54) is 10.5 Å². The van der Waals surface area contributed by atoms with Crippen LogP contribution in [0.3, 0.4) is 0 Å².